The Morgan fingerprint density at radius 1 is 1.22 bits per heavy atom. The normalized spacial score (nSPS) is 17.3. The van der Waals surface area contributed by atoms with Crippen LogP contribution in [-0.4, -0.2) is 55.5 Å². The molecule has 0 saturated carbocycles. The van der Waals surface area contributed by atoms with Gasteiger partial charge in [-0.15, -0.1) is 0 Å². The van der Waals surface area contributed by atoms with E-state index in [4.69, 9.17) is 0 Å². The van der Waals surface area contributed by atoms with Crippen LogP contribution >= 0.6 is 0 Å². The maximum atomic E-state index is 12.7. The molecular formula is C19H29N3O4S. The fourth-order valence-corrected chi connectivity index (χ4v) is 4.41. The molecule has 2 amide bonds. The van der Waals surface area contributed by atoms with Crippen molar-refractivity contribution in [3.63, 3.8) is 0 Å². The van der Waals surface area contributed by atoms with Crippen molar-refractivity contribution in [2.45, 2.75) is 52.1 Å². The number of rotatable bonds is 7. The standard InChI is InChI=1S/C19H29N3O4S/c1-4-27(25,26)22-11-9-17(10-12-22)21-19(24)18(20-15(3)23)13-16-8-6-5-7-14(16)2/h5-8,17-18H,4,9-13H2,1-3H3,(H,20,23)(H,21,24). The Morgan fingerprint density at radius 2 is 1.85 bits per heavy atom. The number of hydrogen-bond acceptors (Lipinski definition) is 4. The molecule has 1 aliphatic rings. The summed E-state index contributed by atoms with van der Waals surface area (Å²) < 4.78 is 25.4. The lowest BCUT2D eigenvalue weighted by Gasteiger charge is -2.32. The fraction of sp³-hybridized carbons (Fsp3) is 0.579. The van der Waals surface area contributed by atoms with Crippen LogP contribution in [0.5, 0.6) is 0 Å². The molecule has 0 bridgehead atoms. The molecule has 1 unspecified atom stereocenters. The lowest BCUT2D eigenvalue weighted by molar-refractivity contribution is -0.128. The highest BCUT2D eigenvalue weighted by molar-refractivity contribution is 7.89. The fourth-order valence-electron chi connectivity index (χ4n) is 3.28. The van der Waals surface area contributed by atoms with Gasteiger partial charge in [-0.2, -0.15) is 0 Å². The molecule has 0 spiro atoms. The quantitative estimate of drug-likeness (QED) is 0.719. The molecule has 150 valence electrons. The van der Waals surface area contributed by atoms with Gasteiger partial charge in [-0.3, -0.25) is 9.59 Å². The van der Waals surface area contributed by atoms with Crippen molar-refractivity contribution in [1.82, 2.24) is 14.9 Å². The van der Waals surface area contributed by atoms with Crippen LogP contribution in [0, 0.1) is 6.92 Å². The smallest absolute Gasteiger partial charge is 0.243 e. The number of carbonyl (C=O) groups excluding carboxylic acids is 2. The van der Waals surface area contributed by atoms with E-state index in [0.29, 0.717) is 32.4 Å². The highest BCUT2D eigenvalue weighted by Crippen LogP contribution is 2.15. The molecule has 2 rings (SSSR count). The number of nitrogens with zero attached hydrogens (tertiary/aromatic N) is 1. The summed E-state index contributed by atoms with van der Waals surface area (Å²) >= 11 is 0. The molecule has 0 aliphatic carbocycles. The second-order valence-corrected chi connectivity index (χ2v) is 9.22. The van der Waals surface area contributed by atoms with Gasteiger partial charge in [0.1, 0.15) is 6.04 Å². The predicted octanol–water partition coefficient (Wildman–Crippen LogP) is 0.973. The molecule has 1 aliphatic heterocycles. The van der Waals surface area contributed by atoms with Crippen molar-refractivity contribution in [3.05, 3.63) is 35.4 Å². The first-order valence-electron chi connectivity index (χ1n) is 9.32. The van der Waals surface area contributed by atoms with Crippen LogP contribution in [0.4, 0.5) is 0 Å². The number of piperidine rings is 1. The van der Waals surface area contributed by atoms with Crippen LogP contribution in [-0.2, 0) is 26.0 Å². The third-order valence-electron chi connectivity index (χ3n) is 4.94. The Kier molecular flexibility index (Phi) is 7.38. The zero-order valence-corrected chi connectivity index (χ0v) is 17.0. The average Bonchev–Trinajstić information content (AvgIpc) is 2.63. The van der Waals surface area contributed by atoms with Gasteiger partial charge in [0.25, 0.3) is 0 Å². The second kappa shape index (κ2) is 9.32. The van der Waals surface area contributed by atoms with Crippen LogP contribution < -0.4 is 10.6 Å². The Hall–Kier alpha value is -1.93. The van der Waals surface area contributed by atoms with Crippen LogP contribution in [0.3, 0.4) is 0 Å². The molecule has 1 heterocycles. The molecule has 1 aromatic carbocycles. The summed E-state index contributed by atoms with van der Waals surface area (Å²) in [7, 11) is -3.19. The Bertz CT molecular complexity index is 771. The first-order chi connectivity index (χ1) is 12.7. The monoisotopic (exact) mass is 395 g/mol. The summed E-state index contributed by atoms with van der Waals surface area (Å²) in [5.74, 6) is -0.400. The lowest BCUT2D eigenvalue weighted by atomic mass is 9.99. The van der Waals surface area contributed by atoms with E-state index in [-0.39, 0.29) is 23.6 Å². The second-order valence-electron chi connectivity index (χ2n) is 6.97. The average molecular weight is 396 g/mol. The van der Waals surface area contributed by atoms with E-state index in [1.54, 1.807) is 6.92 Å². The van der Waals surface area contributed by atoms with Gasteiger partial charge in [0.2, 0.25) is 21.8 Å². The van der Waals surface area contributed by atoms with Crippen LogP contribution in [0.2, 0.25) is 0 Å². The topological polar surface area (TPSA) is 95.6 Å². The molecule has 0 radical (unpaired) electrons. The van der Waals surface area contributed by atoms with E-state index in [0.717, 1.165) is 11.1 Å². The van der Waals surface area contributed by atoms with Crippen molar-refractivity contribution < 1.29 is 18.0 Å². The van der Waals surface area contributed by atoms with Gasteiger partial charge in [0, 0.05) is 32.5 Å². The van der Waals surface area contributed by atoms with Crippen LogP contribution in [0.15, 0.2) is 24.3 Å². The summed E-state index contributed by atoms with van der Waals surface area (Å²) in [6, 6.07) is 7.03. The first-order valence-corrected chi connectivity index (χ1v) is 10.9. The summed E-state index contributed by atoms with van der Waals surface area (Å²) in [6.07, 6.45) is 1.56. The predicted molar refractivity (Wildman–Crippen MR) is 105 cm³/mol. The number of nitrogens with one attached hydrogen (secondary N) is 2. The summed E-state index contributed by atoms with van der Waals surface area (Å²) in [5.41, 5.74) is 2.08. The van der Waals surface area contributed by atoms with E-state index in [9.17, 15) is 18.0 Å². The Morgan fingerprint density at radius 3 is 2.41 bits per heavy atom. The molecule has 1 fully saturated rings. The first kappa shape index (κ1) is 21.4. The lowest BCUT2D eigenvalue weighted by Crippen LogP contribution is -2.53. The van der Waals surface area contributed by atoms with Crippen molar-refractivity contribution >= 4 is 21.8 Å². The maximum Gasteiger partial charge on any atom is 0.243 e. The highest BCUT2D eigenvalue weighted by atomic mass is 32.2. The van der Waals surface area contributed by atoms with E-state index < -0.39 is 16.1 Å². The molecule has 27 heavy (non-hydrogen) atoms. The number of aryl methyl sites for hydroxylation is 1. The number of sulfonamides is 1. The van der Waals surface area contributed by atoms with E-state index in [1.165, 1.54) is 11.2 Å². The zero-order chi connectivity index (χ0) is 20.0. The molecule has 1 atom stereocenters. The molecular weight excluding hydrogens is 366 g/mol. The van der Waals surface area contributed by atoms with Gasteiger partial charge in [-0.1, -0.05) is 24.3 Å². The van der Waals surface area contributed by atoms with Gasteiger partial charge in [-0.05, 0) is 37.8 Å². The summed E-state index contributed by atoms with van der Waals surface area (Å²) in [6.45, 7) is 5.81. The molecule has 7 nitrogen and oxygen atoms in total. The molecule has 1 aromatic rings. The third-order valence-corrected chi connectivity index (χ3v) is 6.82. The minimum Gasteiger partial charge on any atom is -0.351 e. The summed E-state index contributed by atoms with van der Waals surface area (Å²) in [5, 5.41) is 5.71. The van der Waals surface area contributed by atoms with Crippen molar-refractivity contribution in [3.8, 4) is 0 Å². The largest absolute Gasteiger partial charge is 0.351 e. The molecule has 1 saturated heterocycles. The van der Waals surface area contributed by atoms with Gasteiger partial charge in [0.15, 0.2) is 0 Å². The van der Waals surface area contributed by atoms with Crippen LogP contribution in [0.25, 0.3) is 0 Å². The minimum atomic E-state index is -3.19. The van der Waals surface area contributed by atoms with Gasteiger partial charge in [0.05, 0.1) is 5.75 Å². The SMILES string of the molecule is CCS(=O)(=O)N1CCC(NC(=O)C(Cc2ccccc2C)NC(C)=O)CC1. The number of amides is 2. The number of benzene rings is 1. The number of hydrogen-bond donors (Lipinski definition) is 2. The highest BCUT2D eigenvalue weighted by Gasteiger charge is 2.29. The van der Waals surface area contributed by atoms with Crippen LogP contribution in [0.1, 0.15) is 37.8 Å². The van der Waals surface area contributed by atoms with Gasteiger partial charge in [-0.25, -0.2) is 12.7 Å². The van der Waals surface area contributed by atoms with Crippen molar-refractivity contribution in [2.75, 3.05) is 18.8 Å². The Balaban J connectivity index is 1.98. The Labute approximate surface area is 161 Å². The third kappa shape index (κ3) is 6.04. The van der Waals surface area contributed by atoms with Gasteiger partial charge >= 0.3 is 0 Å². The zero-order valence-electron chi connectivity index (χ0n) is 16.2. The van der Waals surface area contributed by atoms with Crippen molar-refractivity contribution in [2.24, 2.45) is 0 Å². The molecule has 0 aromatic heterocycles. The minimum absolute atomic E-state index is 0.0884. The number of carbonyl (C=O) groups is 2. The van der Waals surface area contributed by atoms with E-state index >= 15 is 0 Å². The summed E-state index contributed by atoms with van der Waals surface area (Å²) in [4.78, 5) is 24.3. The van der Waals surface area contributed by atoms with Crippen molar-refractivity contribution in [1.29, 1.82) is 0 Å². The molecule has 2 N–H and O–H groups in total. The van der Waals surface area contributed by atoms with E-state index in [1.807, 2.05) is 31.2 Å². The van der Waals surface area contributed by atoms with Gasteiger partial charge < -0.3 is 10.6 Å². The maximum absolute atomic E-state index is 12.7. The molecule has 8 heteroatoms. The van der Waals surface area contributed by atoms with E-state index in [2.05, 4.69) is 10.6 Å².